The van der Waals surface area contributed by atoms with Gasteiger partial charge in [-0.15, -0.1) is 0 Å². The fraction of sp³-hybridized carbons (Fsp3) is 0.400. The SMILES string of the molecule is Nc1cc(CCO)cc([N+](=O)[O-])c1CCO. The third-order valence-electron chi connectivity index (χ3n) is 2.28. The van der Waals surface area contributed by atoms with Gasteiger partial charge in [-0.1, -0.05) is 0 Å². The topological polar surface area (TPSA) is 110 Å². The number of rotatable bonds is 5. The number of hydrogen-bond donors (Lipinski definition) is 3. The lowest BCUT2D eigenvalue weighted by atomic mass is 10.0. The predicted octanol–water partition coefficient (Wildman–Crippen LogP) is 0.247. The van der Waals surface area contributed by atoms with Crippen molar-refractivity contribution in [1.29, 1.82) is 0 Å². The molecule has 16 heavy (non-hydrogen) atoms. The average molecular weight is 226 g/mol. The molecule has 0 aliphatic heterocycles. The summed E-state index contributed by atoms with van der Waals surface area (Å²) in [7, 11) is 0. The molecule has 0 aromatic heterocycles. The van der Waals surface area contributed by atoms with E-state index in [9.17, 15) is 10.1 Å². The maximum absolute atomic E-state index is 10.8. The molecule has 0 amide bonds. The van der Waals surface area contributed by atoms with Crippen LogP contribution in [0.25, 0.3) is 0 Å². The third-order valence-corrected chi connectivity index (χ3v) is 2.28. The van der Waals surface area contributed by atoms with E-state index in [1.54, 1.807) is 6.07 Å². The van der Waals surface area contributed by atoms with Crippen LogP contribution in [0.15, 0.2) is 12.1 Å². The molecule has 6 nitrogen and oxygen atoms in total. The molecule has 0 heterocycles. The first-order valence-electron chi connectivity index (χ1n) is 4.87. The van der Waals surface area contributed by atoms with Gasteiger partial charge in [0, 0.05) is 31.4 Å². The first-order valence-corrected chi connectivity index (χ1v) is 4.87. The van der Waals surface area contributed by atoms with Crippen LogP contribution < -0.4 is 5.73 Å². The second-order valence-corrected chi connectivity index (χ2v) is 3.39. The molecule has 1 aromatic carbocycles. The van der Waals surface area contributed by atoms with Crippen LogP contribution >= 0.6 is 0 Å². The van der Waals surface area contributed by atoms with Crippen molar-refractivity contribution >= 4 is 11.4 Å². The normalized spacial score (nSPS) is 10.4. The van der Waals surface area contributed by atoms with Gasteiger partial charge in [0.15, 0.2) is 0 Å². The molecule has 1 aromatic rings. The van der Waals surface area contributed by atoms with Crippen LogP contribution in [-0.4, -0.2) is 28.4 Å². The largest absolute Gasteiger partial charge is 0.398 e. The lowest BCUT2D eigenvalue weighted by molar-refractivity contribution is -0.385. The standard InChI is InChI=1S/C10H14N2O4/c11-9-5-7(1-3-13)6-10(12(15)16)8(9)2-4-14/h5-6,13-14H,1-4,11H2. The average Bonchev–Trinajstić information content (AvgIpc) is 2.22. The molecular formula is C10H14N2O4. The van der Waals surface area contributed by atoms with Crippen LogP contribution in [0, 0.1) is 10.1 Å². The van der Waals surface area contributed by atoms with Gasteiger partial charge in [-0.2, -0.15) is 0 Å². The Morgan fingerprint density at radius 3 is 2.38 bits per heavy atom. The number of nitro groups is 1. The molecule has 0 saturated heterocycles. The zero-order chi connectivity index (χ0) is 12.1. The first-order chi connectivity index (χ1) is 7.60. The number of anilines is 1. The second kappa shape index (κ2) is 5.43. The maximum atomic E-state index is 10.8. The molecule has 4 N–H and O–H groups in total. The van der Waals surface area contributed by atoms with E-state index in [2.05, 4.69) is 0 Å². The molecule has 0 fully saturated rings. The summed E-state index contributed by atoms with van der Waals surface area (Å²) in [6.07, 6.45) is 0.478. The molecular weight excluding hydrogens is 212 g/mol. The van der Waals surface area contributed by atoms with E-state index < -0.39 is 4.92 Å². The van der Waals surface area contributed by atoms with Crippen LogP contribution in [-0.2, 0) is 12.8 Å². The summed E-state index contributed by atoms with van der Waals surface area (Å²) in [4.78, 5) is 10.3. The van der Waals surface area contributed by atoms with E-state index in [1.807, 2.05) is 0 Å². The maximum Gasteiger partial charge on any atom is 0.275 e. The highest BCUT2D eigenvalue weighted by molar-refractivity contribution is 5.60. The summed E-state index contributed by atoms with van der Waals surface area (Å²) in [6.45, 7) is -0.277. The summed E-state index contributed by atoms with van der Waals surface area (Å²) in [5, 5.41) is 28.4. The van der Waals surface area contributed by atoms with Crippen LogP contribution in [0.5, 0.6) is 0 Å². The van der Waals surface area contributed by atoms with Crippen molar-refractivity contribution in [1.82, 2.24) is 0 Å². The molecule has 88 valence electrons. The smallest absolute Gasteiger partial charge is 0.275 e. The molecule has 6 heteroatoms. The lowest BCUT2D eigenvalue weighted by Crippen LogP contribution is -2.05. The van der Waals surface area contributed by atoms with E-state index in [0.29, 0.717) is 17.5 Å². The van der Waals surface area contributed by atoms with Gasteiger partial charge in [-0.3, -0.25) is 10.1 Å². The number of nitrogens with two attached hydrogens (primary N) is 1. The van der Waals surface area contributed by atoms with Crippen LogP contribution in [0.4, 0.5) is 11.4 Å². The minimum Gasteiger partial charge on any atom is -0.398 e. The van der Waals surface area contributed by atoms with Gasteiger partial charge in [0.25, 0.3) is 5.69 Å². The molecule has 1 rings (SSSR count). The Kier molecular flexibility index (Phi) is 4.21. The van der Waals surface area contributed by atoms with Crippen molar-refractivity contribution in [2.45, 2.75) is 12.8 Å². The number of nitrogens with zero attached hydrogens (tertiary/aromatic N) is 1. The minimum absolute atomic E-state index is 0.0874. The lowest BCUT2D eigenvalue weighted by Gasteiger charge is -2.08. The van der Waals surface area contributed by atoms with Crippen LogP contribution in [0.1, 0.15) is 11.1 Å². The van der Waals surface area contributed by atoms with Crippen molar-refractivity contribution in [3.8, 4) is 0 Å². The molecule has 0 bridgehead atoms. The summed E-state index contributed by atoms with van der Waals surface area (Å²) >= 11 is 0. The quantitative estimate of drug-likeness (QED) is 0.378. The highest BCUT2D eigenvalue weighted by atomic mass is 16.6. The fourth-order valence-electron chi connectivity index (χ4n) is 1.56. The van der Waals surface area contributed by atoms with E-state index in [1.165, 1.54) is 6.07 Å². The Balaban J connectivity index is 3.22. The summed E-state index contributed by atoms with van der Waals surface area (Å²) in [6, 6.07) is 2.98. The summed E-state index contributed by atoms with van der Waals surface area (Å²) in [5.74, 6) is 0. The van der Waals surface area contributed by atoms with Gasteiger partial charge in [-0.05, 0) is 18.1 Å². The van der Waals surface area contributed by atoms with E-state index in [4.69, 9.17) is 15.9 Å². The third kappa shape index (κ3) is 2.68. The minimum atomic E-state index is -0.526. The van der Waals surface area contributed by atoms with Gasteiger partial charge in [0.2, 0.25) is 0 Å². The van der Waals surface area contributed by atoms with Gasteiger partial charge in [-0.25, -0.2) is 0 Å². The monoisotopic (exact) mass is 226 g/mol. The molecule has 0 unspecified atom stereocenters. The number of aliphatic hydroxyl groups is 2. The van der Waals surface area contributed by atoms with E-state index >= 15 is 0 Å². The van der Waals surface area contributed by atoms with E-state index in [0.717, 1.165) is 0 Å². The molecule has 0 aliphatic rings. The Hall–Kier alpha value is -1.66. The number of hydrogen-bond acceptors (Lipinski definition) is 5. The van der Waals surface area contributed by atoms with Crippen molar-refractivity contribution in [3.63, 3.8) is 0 Å². The number of nitrogen functional groups attached to an aromatic ring is 1. The predicted molar refractivity (Wildman–Crippen MR) is 59.1 cm³/mol. The number of benzene rings is 1. The Morgan fingerprint density at radius 2 is 1.88 bits per heavy atom. The van der Waals surface area contributed by atoms with Crippen LogP contribution in [0.2, 0.25) is 0 Å². The zero-order valence-corrected chi connectivity index (χ0v) is 8.72. The Bertz CT molecular complexity index is 393. The van der Waals surface area contributed by atoms with Gasteiger partial charge in [0.1, 0.15) is 0 Å². The number of aliphatic hydroxyl groups excluding tert-OH is 2. The van der Waals surface area contributed by atoms with Gasteiger partial charge in [0.05, 0.1) is 10.5 Å². The Labute approximate surface area is 92.5 Å². The van der Waals surface area contributed by atoms with Crippen molar-refractivity contribution < 1.29 is 15.1 Å². The van der Waals surface area contributed by atoms with E-state index in [-0.39, 0.29) is 31.0 Å². The first kappa shape index (κ1) is 12.4. The summed E-state index contributed by atoms with van der Waals surface area (Å²) in [5.41, 5.74) is 6.82. The summed E-state index contributed by atoms with van der Waals surface area (Å²) < 4.78 is 0. The molecule has 0 saturated carbocycles. The molecule has 0 aliphatic carbocycles. The fourth-order valence-corrected chi connectivity index (χ4v) is 1.56. The van der Waals surface area contributed by atoms with Crippen molar-refractivity contribution in [3.05, 3.63) is 33.4 Å². The van der Waals surface area contributed by atoms with Gasteiger partial charge < -0.3 is 15.9 Å². The molecule has 0 atom stereocenters. The highest BCUT2D eigenvalue weighted by Gasteiger charge is 2.17. The highest BCUT2D eigenvalue weighted by Crippen LogP contribution is 2.27. The van der Waals surface area contributed by atoms with Crippen molar-refractivity contribution in [2.24, 2.45) is 0 Å². The van der Waals surface area contributed by atoms with Crippen LogP contribution in [0.3, 0.4) is 0 Å². The molecule has 0 spiro atoms. The zero-order valence-electron chi connectivity index (χ0n) is 8.72. The molecule has 0 radical (unpaired) electrons. The Morgan fingerprint density at radius 1 is 1.25 bits per heavy atom. The van der Waals surface area contributed by atoms with Crippen molar-refractivity contribution in [2.75, 3.05) is 18.9 Å². The second-order valence-electron chi connectivity index (χ2n) is 3.39. The number of nitro benzene ring substituents is 1. The van der Waals surface area contributed by atoms with Gasteiger partial charge >= 0.3 is 0 Å².